The van der Waals surface area contributed by atoms with E-state index in [9.17, 15) is 0 Å². The van der Waals surface area contributed by atoms with Crippen LogP contribution in [0, 0.1) is 0 Å². The highest BCUT2D eigenvalue weighted by molar-refractivity contribution is 6.33. The molecule has 0 aliphatic rings. The molecule has 0 saturated carbocycles. The molecule has 4 heteroatoms. The standard InChI is InChI=1S/C12H10ClN3/c1-9(16-7-6-15-8-16)10-4-3-5-11(13)12(10)14-2/h3-8H,1-2H2. The number of aromatic nitrogens is 2. The summed E-state index contributed by atoms with van der Waals surface area (Å²) in [6.45, 7) is 7.51. The number of hydrogen-bond donors (Lipinski definition) is 0. The van der Waals surface area contributed by atoms with Crippen molar-refractivity contribution in [3.8, 4) is 0 Å². The maximum Gasteiger partial charge on any atom is 0.0991 e. The molecule has 0 aliphatic heterocycles. The fourth-order valence-corrected chi connectivity index (χ4v) is 1.70. The molecular formula is C12H10ClN3. The summed E-state index contributed by atoms with van der Waals surface area (Å²) in [6, 6.07) is 5.53. The first-order valence-electron chi connectivity index (χ1n) is 4.67. The molecule has 1 aromatic heterocycles. The molecule has 1 aromatic carbocycles. The van der Waals surface area contributed by atoms with E-state index in [-0.39, 0.29) is 0 Å². The lowest BCUT2D eigenvalue weighted by Crippen LogP contribution is -1.94. The first-order chi connectivity index (χ1) is 7.74. The smallest absolute Gasteiger partial charge is 0.0991 e. The Hall–Kier alpha value is -1.87. The quantitative estimate of drug-likeness (QED) is 0.745. The van der Waals surface area contributed by atoms with Gasteiger partial charge in [0, 0.05) is 23.7 Å². The van der Waals surface area contributed by atoms with Crippen molar-refractivity contribution in [3.05, 3.63) is 54.1 Å². The molecule has 2 aromatic rings. The number of hydrogen-bond acceptors (Lipinski definition) is 2. The van der Waals surface area contributed by atoms with Crippen molar-refractivity contribution in [2.75, 3.05) is 0 Å². The highest BCUT2D eigenvalue weighted by Gasteiger charge is 2.09. The number of halogens is 1. The summed E-state index contributed by atoms with van der Waals surface area (Å²) < 4.78 is 1.81. The maximum absolute atomic E-state index is 6.04. The molecule has 0 radical (unpaired) electrons. The van der Waals surface area contributed by atoms with Crippen molar-refractivity contribution < 1.29 is 0 Å². The van der Waals surface area contributed by atoms with Crippen LogP contribution in [0.4, 0.5) is 5.69 Å². The maximum atomic E-state index is 6.04. The van der Waals surface area contributed by atoms with E-state index in [1.807, 2.05) is 18.3 Å². The van der Waals surface area contributed by atoms with E-state index in [0.29, 0.717) is 10.7 Å². The zero-order valence-corrected chi connectivity index (χ0v) is 9.35. The van der Waals surface area contributed by atoms with Crippen molar-refractivity contribution in [2.24, 2.45) is 4.99 Å². The Morgan fingerprint density at radius 3 is 2.88 bits per heavy atom. The van der Waals surface area contributed by atoms with Crippen LogP contribution in [0.1, 0.15) is 5.56 Å². The van der Waals surface area contributed by atoms with Gasteiger partial charge in [-0.1, -0.05) is 30.3 Å². The van der Waals surface area contributed by atoms with Crippen molar-refractivity contribution in [1.29, 1.82) is 0 Å². The zero-order chi connectivity index (χ0) is 11.5. The van der Waals surface area contributed by atoms with Gasteiger partial charge < -0.3 is 4.57 Å². The van der Waals surface area contributed by atoms with Crippen molar-refractivity contribution in [1.82, 2.24) is 9.55 Å². The Bertz CT molecular complexity index is 529. The Morgan fingerprint density at radius 1 is 1.44 bits per heavy atom. The number of para-hydroxylation sites is 1. The van der Waals surface area contributed by atoms with Crippen LogP contribution < -0.4 is 0 Å². The van der Waals surface area contributed by atoms with E-state index in [0.717, 1.165) is 11.3 Å². The van der Waals surface area contributed by atoms with Gasteiger partial charge in [0.1, 0.15) is 0 Å². The second kappa shape index (κ2) is 4.33. The number of imidazole rings is 1. The summed E-state index contributed by atoms with van der Waals surface area (Å²) in [5.41, 5.74) is 2.26. The minimum atomic E-state index is 0.564. The average Bonchev–Trinajstić information content (AvgIpc) is 2.81. The van der Waals surface area contributed by atoms with E-state index in [1.165, 1.54) is 0 Å². The molecule has 0 saturated heterocycles. The number of nitrogens with zero attached hydrogens (tertiary/aromatic N) is 3. The Kier molecular flexibility index (Phi) is 2.88. The molecule has 0 bridgehead atoms. The summed E-state index contributed by atoms with van der Waals surface area (Å²) in [6.07, 6.45) is 5.18. The van der Waals surface area contributed by atoms with Gasteiger partial charge in [-0.25, -0.2) is 4.98 Å². The highest BCUT2D eigenvalue weighted by Crippen LogP contribution is 2.32. The zero-order valence-electron chi connectivity index (χ0n) is 8.60. The molecule has 0 aliphatic carbocycles. The lowest BCUT2D eigenvalue weighted by atomic mass is 10.1. The fourth-order valence-electron chi connectivity index (χ4n) is 1.47. The fraction of sp³-hybridized carbons (Fsp3) is 0. The van der Waals surface area contributed by atoms with E-state index in [4.69, 9.17) is 11.6 Å². The third-order valence-corrected chi connectivity index (χ3v) is 2.58. The molecule has 0 atom stereocenters. The van der Waals surface area contributed by atoms with Crippen molar-refractivity contribution in [2.45, 2.75) is 0 Å². The van der Waals surface area contributed by atoms with Crippen LogP contribution >= 0.6 is 11.6 Å². The van der Waals surface area contributed by atoms with Gasteiger partial charge in [-0.3, -0.25) is 4.99 Å². The number of benzene rings is 1. The third kappa shape index (κ3) is 1.77. The van der Waals surface area contributed by atoms with Crippen LogP contribution in [0.2, 0.25) is 5.02 Å². The van der Waals surface area contributed by atoms with Gasteiger partial charge in [-0.05, 0) is 12.8 Å². The van der Waals surface area contributed by atoms with Crippen LogP contribution in [0.3, 0.4) is 0 Å². The minimum Gasteiger partial charge on any atom is -0.306 e. The molecule has 0 fully saturated rings. The van der Waals surface area contributed by atoms with Crippen LogP contribution in [-0.2, 0) is 0 Å². The molecule has 3 nitrogen and oxygen atoms in total. The van der Waals surface area contributed by atoms with Crippen molar-refractivity contribution >= 4 is 29.7 Å². The van der Waals surface area contributed by atoms with Crippen LogP contribution in [0.15, 0.2) is 48.5 Å². The predicted octanol–water partition coefficient (Wildman–Crippen LogP) is 3.39. The predicted molar refractivity (Wildman–Crippen MR) is 67.3 cm³/mol. The number of rotatable bonds is 3. The summed E-state index contributed by atoms with van der Waals surface area (Å²) in [5.74, 6) is 0. The van der Waals surface area contributed by atoms with Gasteiger partial charge >= 0.3 is 0 Å². The van der Waals surface area contributed by atoms with Crippen LogP contribution in [0.25, 0.3) is 5.70 Å². The molecule has 80 valence electrons. The van der Waals surface area contributed by atoms with E-state index in [1.54, 1.807) is 23.2 Å². The summed E-state index contributed by atoms with van der Waals surface area (Å²) in [7, 11) is 0. The lowest BCUT2D eigenvalue weighted by molar-refractivity contribution is 1.09. The van der Waals surface area contributed by atoms with E-state index < -0.39 is 0 Å². The molecule has 0 spiro atoms. The Balaban J connectivity index is 2.53. The second-order valence-corrected chi connectivity index (χ2v) is 3.62. The molecular weight excluding hydrogens is 222 g/mol. The van der Waals surface area contributed by atoms with E-state index >= 15 is 0 Å². The van der Waals surface area contributed by atoms with Crippen molar-refractivity contribution in [3.63, 3.8) is 0 Å². The first-order valence-corrected chi connectivity index (χ1v) is 5.04. The molecule has 16 heavy (non-hydrogen) atoms. The second-order valence-electron chi connectivity index (χ2n) is 3.21. The largest absolute Gasteiger partial charge is 0.306 e. The highest BCUT2D eigenvalue weighted by atomic mass is 35.5. The minimum absolute atomic E-state index is 0.564. The normalized spacial score (nSPS) is 10.1. The van der Waals surface area contributed by atoms with Gasteiger partial charge in [-0.15, -0.1) is 0 Å². The third-order valence-electron chi connectivity index (χ3n) is 2.27. The molecule has 0 amide bonds. The summed E-state index contributed by atoms with van der Waals surface area (Å²) in [5, 5.41) is 0.564. The molecule has 0 unspecified atom stereocenters. The van der Waals surface area contributed by atoms with Gasteiger partial charge in [0.15, 0.2) is 0 Å². The Morgan fingerprint density at radius 2 is 2.25 bits per heavy atom. The van der Waals surface area contributed by atoms with Gasteiger partial charge in [0.25, 0.3) is 0 Å². The first kappa shape index (κ1) is 10.6. The summed E-state index contributed by atoms with van der Waals surface area (Å²) in [4.78, 5) is 7.89. The average molecular weight is 232 g/mol. The van der Waals surface area contributed by atoms with Gasteiger partial charge in [0.2, 0.25) is 0 Å². The SMILES string of the molecule is C=Nc1c(Cl)cccc1C(=C)n1ccnc1. The lowest BCUT2D eigenvalue weighted by Gasteiger charge is -2.10. The monoisotopic (exact) mass is 231 g/mol. The topological polar surface area (TPSA) is 30.2 Å². The van der Waals surface area contributed by atoms with Gasteiger partial charge in [0.05, 0.1) is 17.0 Å². The molecule has 0 N–H and O–H groups in total. The number of aliphatic imine (C=N–C) groups is 1. The van der Waals surface area contributed by atoms with E-state index in [2.05, 4.69) is 23.3 Å². The Labute approximate surface area is 98.7 Å². The van der Waals surface area contributed by atoms with Gasteiger partial charge in [-0.2, -0.15) is 0 Å². The van der Waals surface area contributed by atoms with Crippen LogP contribution in [-0.4, -0.2) is 16.3 Å². The van der Waals surface area contributed by atoms with Crippen LogP contribution in [0.5, 0.6) is 0 Å². The summed E-state index contributed by atoms with van der Waals surface area (Å²) >= 11 is 6.04. The molecule has 1 heterocycles. The molecule has 2 rings (SSSR count).